The van der Waals surface area contributed by atoms with Crippen LogP contribution in [0.2, 0.25) is 0 Å². The highest BCUT2D eigenvalue weighted by atomic mass is 16.5. The van der Waals surface area contributed by atoms with Gasteiger partial charge in [-0.15, -0.1) is 0 Å². The molecule has 1 rings (SSSR count). The van der Waals surface area contributed by atoms with Crippen LogP contribution in [-0.4, -0.2) is 19.3 Å². The summed E-state index contributed by atoms with van der Waals surface area (Å²) < 4.78 is 5.13. The van der Waals surface area contributed by atoms with E-state index in [0.717, 1.165) is 19.6 Å². The fourth-order valence-corrected chi connectivity index (χ4v) is 0.867. The minimum Gasteiger partial charge on any atom is -0.380 e. The van der Waals surface area contributed by atoms with Crippen molar-refractivity contribution in [3.63, 3.8) is 0 Å². The van der Waals surface area contributed by atoms with E-state index in [1.807, 2.05) is 0 Å². The van der Waals surface area contributed by atoms with Gasteiger partial charge in [0.25, 0.3) is 0 Å². The Hall–Kier alpha value is -0.0800. The summed E-state index contributed by atoms with van der Waals surface area (Å²) in [4.78, 5) is 0. The number of hydrogen-bond acceptors (Lipinski definition) is 2. The average molecular weight is 115 g/mol. The third-order valence-corrected chi connectivity index (χ3v) is 1.76. The normalized spacial score (nSPS) is 39.8. The maximum atomic E-state index is 5.65. The summed E-state index contributed by atoms with van der Waals surface area (Å²) in [5.41, 5.74) is 5.65. The van der Waals surface area contributed by atoms with Crippen molar-refractivity contribution in [3.05, 3.63) is 0 Å². The summed E-state index contributed by atoms with van der Waals surface area (Å²) in [6.45, 7) is 3.82. The minimum absolute atomic E-state index is 0.281. The molecule has 48 valence electrons. The SMILES string of the molecule is C[C@H]1CCOC[C@H]1N. The fourth-order valence-electron chi connectivity index (χ4n) is 0.867. The molecule has 0 aromatic carbocycles. The summed E-state index contributed by atoms with van der Waals surface area (Å²) in [5.74, 6) is 0.656. The van der Waals surface area contributed by atoms with Crippen LogP contribution in [-0.2, 0) is 4.74 Å². The Kier molecular flexibility index (Phi) is 1.86. The summed E-state index contributed by atoms with van der Waals surface area (Å²) in [6.07, 6.45) is 1.13. The van der Waals surface area contributed by atoms with E-state index in [1.165, 1.54) is 0 Å². The molecule has 0 amide bonds. The first-order chi connectivity index (χ1) is 3.80. The highest BCUT2D eigenvalue weighted by Gasteiger charge is 2.16. The largest absolute Gasteiger partial charge is 0.380 e. The zero-order valence-electron chi connectivity index (χ0n) is 5.26. The van der Waals surface area contributed by atoms with E-state index in [4.69, 9.17) is 10.5 Å². The van der Waals surface area contributed by atoms with E-state index in [1.54, 1.807) is 0 Å². The Bertz CT molecular complexity index is 64.9. The maximum absolute atomic E-state index is 5.65. The van der Waals surface area contributed by atoms with Crippen LogP contribution >= 0.6 is 0 Å². The number of rotatable bonds is 0. The zero-order chi connectivity index (χ0) is 5.98. The average Bonchev–Trinajstić information content (AvgIpc) is 1.77. The second-order valence-corrected chi connectivity index (χ2v) is 2.50. The van der Waals surface area contributed by atoms with Crippen molar-refractivity contribution in [2.75, 3.05) is 13.2 Å². The quantitative estimate of drug-likeness (QED) is 0.495. The van der Waals surface area contributed by atoms with E-state index in [2.05, 4.69) is 6.92 Å². The van der Waals surface area contributed by atoms with Gasteiger partial charge in [0, 0.05) is 12.6 Å². The van der Waals surface area contributed by atoms with Crippen LogP contribution in [0.5, 0.6) is 0 Å². The van der Waals surface area contributed by atoms with Gasteiger partial charge in [0.05, 0.1) is 6.61 Å². The molecule has 1 fully saturated rings. The van der Waals surface area contributed by atoms with Crippen molar-refractivity contribution in [1.29, 1.82) is 0 Å². The lowest BCUT2D eigenvalue weighted by molar-refractivity contribution is 0.0546. The summed E-state index contributed by atoms with van der Waals surface area (Å²) in [6, 6.07) is 0.281. The third-order valence-electron chi connectivity index (χ3n) is 1.76. The second-order valence-electron chi connectivity index (χ2n) is 2.50. The van der Waals surface area contributed by atoms with E-state index in [0.29, 0.717) is 5.92 Å². The Labute approximate surface area is 50.0 Å². The Morgan fingerprint density at radius 3 is 2.75 bits per heavy atom. The molecule has 1 saturated heterocycles. The highest BCUT2D eigenvalue weighted by molar-refractivity contribution is 4.71. The van der Waals surface area contributed by atoms with Crippen LogP contribution in [0.4, 0.5) is 0 Å². The van der Waals surface area contributed by atoms with Gasteiger partial charge in [-0.3, -0.25) is 0 Å². The van der Waals surface area contributed by atoms with Gasteiger partial charge in [0.15, 0.2) is 0 Å². The molecule has 0 radical (unpaired) electrons. The van der Waals surface area contributed by atoms with E-state index < -0.39 is 0 Å². The molecular weight excluding hydrogens is 102 g/mol. The molecule has 0 spiro atoms. The molecule has 2 heteroatoms. The second kappa shape index (κ2) is 2.46. The predicted molar refractivity (Wildman–Crippen MR) is 32.6 cm³/mol. The van der Waals surface area contributed by atoms with Crippen molar-refractivity contribution in [1.82, 2.24) is 0 Å². The third kappa shape index (κ3) is 1.20. The Morgan fingerprint density at radius 1 is 1.62 bits per heavy atom. The van der Waals surface area contributed by atoms with Gasteiger partial charge in [0.1, 0.15) is 0 Å². The molecule has 0 unspecified atom stereocenters. The van der Waals surface area contributed by atoms with Gasteiger partial charge in [-0.25, -0.2) is 0 Å². The first-order valence-electron chi connectivity index (χ1n) is 3.14. The van der Waals surface area contributed by atoms with Gasteiger partial charge in [-0.05, 0) is 12.3 Å². The van der Waals surface area contributed by atoms with Crippen molar-refractivity contribution >= 4 is 0 Å². The molecule has 0 aromatic rings. The summed E-state index contributed by atoms with van der Waals surface area (Å²) in [7, 11) is 0. The van der Waals surface area contributed by atoms with Gasteiger partial charge >= 0.3 is 0 Å². The molecule has 2 atom stereocenters. The number of ether oxygens (including phenoxy) is 1. The fraction of sp³-hybridized carbons (Fsp3) is 1.00. The molecule has 1 heterocycles. The van der Waals surface area contributed by atoms with Crippen molar-refractivity contribution in [2.24, 2.45) is 11.7 Å². The smallest absolute Gasteiger partial charge is 0.0620 e. The first kappa shape index (κ1) is 6.05. The van der Waals surface area contributed by atoms with E-state index in [-0.39, 0.29) is 6.04 Å². The van der Waals surface area contributed by atoms with Crippen LogP contribution in [0, 0.1) is 5.92 Å². The van der Waals surface area contributed by atoms with Crippen LogP contribution in [0.3, 0.4) is 0 Å². The van der Waals surface area contributed by atoms with Crippen LogP contribution in [0.1, 0.15) is 13.3 Å². The van der Waals surface area contributed by atoms with Crippen molar-refractivity contribution in [2.45, 2.75) is 19.4 Å². The molecule has 2 nitrogen and oxygen atoms in total. The zero-order valence-corrected chi connectivity index (χ0v) is 5.26. The lowest BCUT2D eigenvalue weighted by Crippen LogP contribution is -2.37. The molecule has 0 bridgehead atoms. The monoisotopic (exact) mass is 115 g/mol. The molecule has 0 aliphatic carbocycles. The molecule has 8 heavy (non-hydrogen) atoms. The molecule has 0 aromatic heterocycles. The first-order valence-corrected chi connectivity index (χ1v) is 3.14. The molecule has 2 N–H and O–H groups in total. The van der Waals surface area contributed by atoms with Crippen LogP contribution in [0.25, 0.3) is 0 Å². The minimum atomic E-state index is 0.281. The molecule has 1 aliphatic heterocycles. The molecular formula is C6H13NO. The van der Waals surface area contributed by atoms with Gasteiger partial charge in [0.2, 0.25) is 0 Å². The molecule has 1 aliphatic rings. The predicted octanol–water partition coefficient (Wildman–Crippen LogP) is 0.370. The lowest BCUT2D eigenvalue weighted by Gasteiger charge is -2.24. The standard InChI is InChI=1S/C6H13NO/c1-5-2-3-8-4-6(5)7/h5-6H,2-4,7H2,1H3/t5-,6+/m0/s1. The van der Waals surface area contributed by atoms with Crippen LogP contribution < -0.4 is 5.73 Å². The van der Waals surface area contributed by atoms with E-state index in [9.17, 15) is 0 Å². The molecule has 0 saturated carbocycles. The van der Waals surface area contributed by atoms with Gasteiger partial charge in [-0.1, -0.05) is 6.92 Å². The van der Waals surface area contributed by atoms with Crippen molar-refractivity contribution in [3.8, 4) is 0 Å². The highest BCUT2D eigenvalue weighted by Crippen LogP contribution is 2.11. The summed E-state index contributed by atoms with van der Waals surface area (Å²) >= 11 is 0. The van der Waals surface area contributed by atoms with Gasteiger partial charge < -0.3 is 10.5 Å². The van der Waals surface area contributed by atoms with E-state index >= 15 is 0 Å². The number of hydrogen-bond donors (Lipinski definition) is 1. The van der Waals surface area contributed by atoms with Crippen molar-refractivity contribution < 1.29 is 4.74 Å². The van der Waals surface area contributed by atoms with Crippen LogP contribution in [0.15, 0.2) is 0 Å². The number of nitrogens with two attached hydrogens (primary N) is 1. The maximum Gasteiger partial charge on any atom is 0.0620 e. The lowest BCUT2D eigenvalue weighted by atomic mass is 9.98. The topological polar surface area (TPSA) is 35.2 Å². The van der Waals surface area contributed by atoms with Gasteiger partial charge in [-0.2, -0.15) is 0 Å². The Morgan fingerprint density at radius 2 is 2.38 bits per heavy atom. The Balaban J connectivity index is 2.28. The summed E-state index contributed by atoms with van der Waals surface area (Å²) in [5, 5.41) is 0.